The average Bonchev–Trinajstić information content (AvgIpc) is 3.39. The van der Waals surface area contributed by atoms with Crippen LogP contribution < -0.4 is 15.4 Å². The largest absolute Gasteiger partial charge is 0.491 e. The number of fused-ring (bicyclic) bond motifs is 3. The lowest BCUT2D eigenvalue weighted by Gasteiger charge is -2.16. The molecular weight excluding hydrogens is 553 g/mol. The van der Waals surface area contributed by atoms with Gasteiger partial charge in [0.15, 0.2) is 0 Å². The zero-order valence-electron chi connectivity index (χ0n) is 23.7. The predicted molar refractivity (Wildman–Crippen MR) is 164 cm³/mol. The Hall–Kier alpha value is -3.23. The number of carbonyl (C=O) groups excluding carboxylic acids is 1. The Labute approximate surface area is 250 Å². The SMILES string of the molecule is O=C(/C=C/CN1CC2CCCC2C1)Nc1cc2c(Nc3ccc(F)c(Cl)c3)ncnc2cc1OCCC1C2CCCC21. The van der Waals surface area contributed by atoms with Crippen LogP contribution in [0.15, 0.2) is 48.8 Å². The molecule has 2 heterocycles. The highest BCUT2D eigenvalue weighted by atomic mass is 35.5. The third-order valence-electron chi connectivity index (χ3n) is 9.90. The molecule has 7 rings (SSSR count). The van der Waals surface area contributed by atoms with Crippen LogP contribution in [-0.2, 0) is 4.79 Å². The van der Waals surface area contributed by atoms with Crippen LogP contribution in [0.1, 0.15) is 44.9 Å². The van der Waals surface area contributed by atoms with Gasteiger partial charge in [-0.15, -0.1) is 0 Å². The molecule has 1 saturated heterocycles. The fourth-order valence-corrected chi connectivity index (χ4v) is 7.96. The number of nitrogens with one attached hydrogen (secondary N) is 2. The van der Waals surface area contributed by atoms with Crippen molar-refractivity contribution in [1.82, 2.24) is 14.9 Å². The summed E-state index contributed by atoms with van der Waals surface area (Å²) in [6.45, 7) is 3.66. The maximum Gasteiger partial charge on any atom is 0.248 e. The van der Waals surface area contributed by atoms with E-state index >= 15 is 0 Å². The zero-order chi connectivity index (χ0) is 28.6. The van der Waals surface area contributed by atoms with Crippen LogP contribution in [0.2, 0.25) is 5.02 Å². The minimum atomic E-state index is -0.489. The van der Waals surface area contributed by atoms with Gasteiger partial charge in [-0.1, -0.05) is 30.5 Å². The summed E-state index contributed by atoms with van der Waals surface area (Å²) in [6.07, 6.45) is 14.2. The van der Waals surface area contributed by atoms with Crippen LogP contribution in [0.3, 0.4) is 0 Å². The highest BCUT2D eigenvalue weighted by molar-refractivity contribution is 6.31. The maximum atomic E-state index is 13.7. The van der Waals surface area contributed by atoms with E-state index in [1.54, 1.807) is 12.1 Å². The van der Waals surface area contributed by atoms with Crippen molar-refractivity contribution in [2.45, 2.75) is 44.9 Å². The second kappa shape index (κ2) is 11.8. The summed E-state index contributed by atoms with van der Waals surface area (Å²) in [5.74, 6) is 4.61. The molecule has 4 unspecified atom stereocenters. The monoisotopic (exact) mass is 589 g/mol. The number of nitrogens with zero attached hydrogens (tertiary/aromatic N) is 3. The second-order valence-corrected chi connectivity index (χ2v) is 12.9. The van der Waals surface area contributed by atoms with E-state index in [-0.39, 0.29) is 10.9 Å². The zero-order valence-corrected chi connectivity index (χ0v) is 24.5. The number of hydrogen-bond acceptors (Lipinski definition) is 6. The first-order valence-corrected chi connectivity index (χ1v) is 15.7. The molecule has 3 aromatic rings. The summed E-state index contributed by atoms with van der Waals surface area (Å²) in [4.78, 5) is 24.4. The molecule has 0 radical (unpaired) electrons. The molecule has 2 aromatic carbocycles. The summed E-state index contributed by atoms with van der Waals surface area (Å²) in [5, 5.41) is 6.97. The Kier molecular flexibility index (Phi) is 7.76. The fourth-order valence-electron chi connectivity index (χ4n) is 7.78. The van der Waals surface area contributed by atoms with Gasteiger partial charge in [0.2, 0.25) is 5.91 Å². The molecule has 1 amide bonds. The predicted octanol–water partition coefficient (Wildman–Crippen LogP) is 7.21. The molecule has 220 valence electrons. The summed E-state index contributed by atoms with van der Waals surface area (Å²) in [6, 6.07) is 8.12. The molecule has 2 N–H and O–H groups in total. The van der Waals surface area contributed by atoms with E-state index in [2.05, 4.69) is 25.5 Å². The van der Waals surface area contributed by atoms with Crippen LogP contribution in [0.5, 0.6) is 5.75 Å². The molecule has 1 aliphatic heterocycles. The molecule has 0 bridgehead atoms. The molecule has 1 aromatic heterocycles. The van der Waals surface area contributed by atoms with Gasteiger partial charge in [0.1, 0.15) is 23.7 Å². The van der Waals surface area contributed by atoms with Gasteiger partial charge in [0, 0.05) is 42.9 Å². The lowest BCUT2D eigenvalue weighted by molar-refractivity contribution is -0.111. The summed E-state index contributed by atoms with van der Waals surface area (Å²) >= 11 is 5.99. The first-order chi connectivity index (χ1) is 20.5. The lowest BCUT2D eigenvalue weighted by Crippen LogP contribution is -2.22. The van der Waals surface area contributed by atoms with Gasteiger partial charge >= 0.3 is 0 Å². The Balaban J connectivity index is 1.08. The van der Waals surface area contributed by atoms with Crippen LogP contribution in [-0.4, -0.2) is 47.0 Å². The van der Waals surface area contributed by atoms with Crippen molar-refractivity contribution in [2.75, 3.05) is 36.9 Å². The van der Waals surface area contributed by atoms with Crippen molar-refractivity contribution in [3.63, 3.8) is 0 Å². The van der Waals surface area contributed by atoms with Crippen molar-refractivity contribution in [3.05, 3.63) is 59.7 Å². The number of rotatable bonds is 10. The number of amides is 1. The van der Waals surface area contributed by atoms with E-state index in [1.165, 1.54) is 57.0 Å². The Bertz CT molecular complexity index is 1490. The third kappa shape index (κ3) is 5.84. The van der Waals surface area contributed by atoms with Crippen molar-refractivity contribution in [2.24, 2.45) is 29.6 Å². The van der Waals surface area contributed by atoms with E-state index in [1.807, 2.05) is 18.2 Å². The minimum Gasteiger partial charge on any atom is -0.491 e. The molecule has 3 aliphatic carbocycles. The average molecular weight is 590 g/mol. The Morgan fingerprint density at radius 1 is 1.07 bits per heavy atom. The number of likely N-dealkylation sites (tertiary alicyclic amines) is 1. The number of hydrogen-bond donors (Lipinski definition) is 2. The van der Waals surface area contributed by atoms with E-state index in [0.717, 1.165) is 55.6 Å². The van der Waals surface area contributed by atoms with E-state index in [9.17, 15) is 9.18 Å². The maximum absolute atomic E-state index is 13.7. The van der Waals surface area contributed by atoms with Crippen molar-refractivity contribution in [3.8, 4) is 5.75 Å². The number of aromatic nitrogens is 2. The van der Waals surface area contributed by atoms with Gasteiger partial charge in [-0.3, -0.25) is 9.69 Å². The molecule has 0 spiro atoms. The van der Waals surface area contributed by atoms with Gasteiger partial charge in [0.05, 0.1) is 22.8 Å². The fraction of sp³-hybridized carbons (Fsp3) is 0.485. The molecule has 3 saturated carbocycles. The number of anilines is 3. The van der Waals surface area contributed by atoms with E-state index < -0.39 is 5.82 Å². The standard InChI is InChI=1S/C33H37ClFN5O2/c34-27-14-22(9-10-28(27)35)38-33-26-15-30(39-32(41)8-3-12-40-17-20-4-1-5-21(20)18-40)31(16-29(26)36-19-37-33)42-13-11-25-23-6-2-7-24(23)25/h3,8-10,14-16,19-21,23-25H,1-2,4-7,11-13,17-18H2,(H,39,41)(H,36,37,38)/b8-3+. The van der Waals surface area contributed by atoms with Crippen LogP contribution in [0.4, 0.5) is 21.6 Å². The number of benzene rings is 2. The summed E-state index contributed by atoms with van der Waals surface area (Å²) in [7, 11) is 0. The lowest BCUT2D eigenvalue weighted by atomic mass is 10.0. The highest BCUT2D eigenvalue weighted by Crippen LogP contribution is 2.59. The van der Waals surface area contributed by atoms with Crippen LogP contribution in [0.25, 0.3) is 10.9 Å². The molecule has 7 nitrogen and oxygen atoms in total. The first kappa shape index (κ1) is 27.6. The number of carbonyl (C=O) groups is 1. The van der Waals surface area contributed by atoms with E-state index in [0.29, 0.717) is 40.5 Å². The Morgan fingerprint density at radius 3 is 2.64 bits per heavy atom. The topological polar surface area (TPSA) is 79.4 Å². The van der Waals surface area contributed by atoms with Crippen LogP contribution >= 0.6 is 11.6 Å². The first-order valence-electron chi connectivity index (χ1n) is 15.4. The molecule has 42 heavy (non-hydrogen) atoms. The third-order valence-corrected chi connectivity index (χ3v) is 10.2. The second-order valence-electron chi connectivity index (χ2n) is 12.5. The van der Waals surface area contributed by atoms with Gasteiger partial charge < -0.3 is 15.4 Å². The van der Waals surface area contributed by atoms with Gasteiger partial charge in [-0.25, -0.2) is 14.4 Å². The minimum absolute atomic E-state index is 0.0192. The van der Waals surface area contributed by atoms with Gasteiger partial charge in [-0.05, 0) is 86.0 Å². The number of ether oxygens (including phenoxy) is 1. The number of halogens is 2. The van der Waals surface area contributed by atoms with Crippen molar-refractivity contribution >= 4 is 45.6 Å². The Morgan fingerprint density at radius 2 is 1.86 bits per heavy atom. The summed E-state index contributed by atoms with van der Waals surface area (Å²) in [5.41, 5.74) is 1.84. The summed E-state index contributed by atoms with van der Waals surface area (Å²) < 4.78 is 20.0. The van der Waals surface area contributed by atoms with Gasteiger partial charge in [-0.2, -0.15) is 0 Å². The smallest absolute Gasteiger partial charge is 0.248 e. The molecule has 4 aliphatic rings. The molecule has 4 atom stereocenters. The highest BCUT2D eigenvalue weighted by Gasteiger charge is 2.51. The normalized spacial score (nSPS) is 26.5. The molecule has 9 heteroatoms. The van der Waals surface area contributed by atoms with Crippen molar-refractivity contribution in [1.29, 1.82) is 0 Å². The molecule has 4 fully saturated rings. The van der Waals surface area contributed by atoms with E-state index in [4.69, 9.17) is 16.3 Å². The quantitative estimate of drug-likeness (QED) is 0.243. The van der Waals surface area contributed by atoms with Crippen molar-refractivity contribution < 1.29 is 13.9 Å². The molecular formula is C33H37ClFN5O2. The van der Waals surface area contributed by atoms with Gasteiger partial charge in [0.25, 0.3) is 0 Å². The van der Waals surface area contributed by atoms with Crippen LogP contribution in [0, 0.1) is 35.4 Å².